The number of hydrogen-bond donors (Lipinski definition) is 7. The average Bonchev–Trinajstić information content (AvgIpc) is 3.22. The van der Waals surface area contributed by atoms with E-state index in [2.05, 4.69) is 207 Å². The minimum atomic E-state index is -0.0163. The minimum absolute atomic E-state index is 0.00836. The van der Waals surface area contributed by atoms with Crippen LogP contribution in [-0.2, 0) is 12.8 Å². The molecule has 7 N–H and O–H groups in total. The number of nitrogens with one attached hydrogen (secondary N) is 7. The summed E-state index contributed by atoms with van der Waals surface area (Å²) in [5, 5.41) is 25.5. The number of allylic oxidation sites excluding steroid dienone is 4. The lowest BCUT2D eigenvalue weighted by atomic mass is 9.86. The predicted molar refractivity (Wildman–Crippen MR) is 250 cm³/mol. The largest absolute Gasteiger partial charge is 0.384 e. The first-order valence-corrected chi connectivity index (χ1v) is 21.4. The Bertz CT molecular complexity index is 1690. The average molecular weight is 789 g/mol. The highest BCUT2D eigenvalue weighted by atomic mass is 15.2. The summed E-state index contributed by atoms with van der Waals surface area (Å²) in [6, 6.07) is 21.8. The van der Waals surface area contributed by atoms with Gasteiger partial charge in [0, 0.05) is 55.0 Å². The van der Waals surface area contributed by atoms with Crippen molar-refractivity contribution in [1.82, 2.24) is 42.1 Å². The summed E-state index contributed by atoms with van der Waals surface area (Å²) in [5.74, 6) is 2.51. The van der Waals surface area contributed by atoms with E-state index < -0.39 is 0 Å². The van der Waals surface area contributed by atoms with Gasteiger partial charge in [0.1, 0.15) is 0 Å². The molecule has 58 heavy (non-hydrogen) atoms. The van der Waals surface area contributed by atoms with E-state index in [4.69, 9.17) is 0 Å². The zero-order valence-electron chi connectivity index (χ0n) is 37.0. The Kier molecular flexibility index (Phi) is 20.5. The number of dihydropyridines is 2. The van der Waals surface area contributed by atoms with Crippen LogP contribution in [0.5, 0.6) is 0 Å². The number of hydrogen-bond acceptors (Lipinski definition) is 8. The summed E-state index contributed by atoms with van der Waals surface area (Å²) in [6.07, 6.45) is 15.3. The molecule has 5 unspecified atom stereocenters. The van der Waals surface area contributed by atoms with Gasteiger partial charge in [-0.1, -0.05) is 160 Å². The molecule has 2 aromatic rings. The van der Waals surface area contributed by atoms with Crippen molar-refractivity contribution in [3.63, 3.8) is 0 Å². The molecule has 2 heterocycles. The van der Waals surface area contributed by atoms with Crippen molar-refractivity contribution < 1.29 is 0 Å². The van der Waals surface area contributed by atoms with Gasteiger partial charge in [-0.05, 0) is 60.3 Å². The Morgan fingerprint density at radius 3 is 1.72 bits per heavy atom. The molecule has 0 amide bonds. The lowest BCUT2D eigenvalue weighted by molar-refractivity contribution is 0.310. The first-order chi connectivity index (χ1) is 27.9. The molecule has 0 aliphatic carbocycles. The second-order valence-corrected chi connectivity index (χ2v) is 16.1. The van der Waals surface area contributed by atoms with Gasteiger partial charge in [-0.2, -0.15) is 0 Å². The topological polar surface area (TPSA) is 87.4 Å². The van der Waals surface area contributed by atoms with Crippen molar-refractivity contribution in [2.45, 2.75) is 91.9 Å². The maximum atomic E-state index is 4.64. The van der Waals surface area contributed by atoms with Crippen LogP contribution in [0.15, 0.2) is 158 Å². The zero-order valence-corrected chi connectivity index (χ0v) is 37.0. The first-order valence-electron chi connectivity index (χ1n) is 21.4. The second-order valence-electron chi connectivity index (χ2n) is 16.1. The van der Waals surface area contributed by atoms with E-state index in [-0.39, 0.29) is 41.9 Å². The van der Waals surface area contributed by atoms with Crippen LogP contribution in [0.25, 0.3) is 0 Å². The van der Waals surface area contributed by atoms with Gasteiger partial charge in [-0.15, -0.1) is 0 Å². The van der Waals surface area contributed by atoms with Crippen LogP contribution in [0, 0.1) is 17.8 Å². The fourth-order valence-electron chi connectivity index (χ4n) is 7.27. The van der Waals surface area contributed by atoms with Crippen LogP contribution >= 0.6 is 0 Å². The monoisotopic (exact) mass is 789 g/mol. The zero-order chi connectivity index (χ0) is 42.5. The standard InChI is InChI=1S/C48H70N8.C2H6/c1-34(2)47(54-39(8)51-32-43-25-17-19-27-49-43)38(7)53-46(31-42-23-15-12-16-24-42)36(5)29-45(30-41-21-13-11-14-22-41)52-37(6)48(35(3)4)55-40(9)56(10)33-44-26-18-20-28-50-44;1-2/h11-26,34-36,45-55H,6-9,27-33H2,1-5,10H3;1-2H3. The van der Waals surface area contributed by atoms with Gasteiger partial charge in [-0.3, -0.25) is 0 Å². The van der Waals surface area contributed by atoms with Gasteiger partial charge in [0.15, 0.2) is 0 Å². The third kappa shape index (κ3) is 16.3. The van der Waals surface area contributed by atoms with Crippen molar-refractivity contribution in [3.8, 4) is 0 Å². The van der Waals surface area contributed by atoms with Crippen molar-refractivity contribution in [2.24, 2.45) is 17.8 Å². The molecule has 0 spiro atoms. The summed E-state index contributed by atoms with van der Waals surface area (Å²) < 4.78 is 0. The molecule has 8 heteroatoms. The Balaban J connectivity index is 0.00000443. The van der Waals surface area contributed by atoms with Crippen LogP contribution in [0.3, 0.4) is 0 Å². The molecule has 2 aliphatic heterocycles. The van der Waals surface area contributed by atoms with Crippen molar-refractivity contribution >= 4 is 0 Å². The maximum Gasteiger partial charge on any atom is 0.0945 e. The molecule has 0 saturated carbocycles. The number of benzene rings is 2. The molecule has 8 nitrogen and oxygen atoms in total. The molecule has 0 aromatic heterocycles. The summed E-state index contributed by atoms with van der Waals surface area (Å²) >= 11 is 0. The molecule has 2 aliphatic rings. The summed E-state index contributed by atoms with van der Waals surface area (Å²) in [7, 11) is 2.08. The quantitative estimate of drug-likeness (QED) is 0.0542. The Hall–Kier alpha value is -5.24. The third-order valence-corrected chi connectivity index (χ3v) is 10.6. The maximum absolute atomic E-state index is 4.64. The summed E-state index contributed by atoms with van der Waals surface area (Å²) in [5.41, 5.74) is 6.85. The molecule has 5 atom stereocenters. The molecule has 0 fully saturated rings. The van der Waals surface area contributed by atoms with Crippen LogP contribution in [0.1, 0.15) is 66.0 Å². The normalized spacial score (nSPS) is 15.7. The van der Waals surface area contributed by atoms with Crippen LogP contribution in [0.2, 0.25) is 0 Å². The van der Waals surface area contributed by atoms with E-state index in [0.717, 1.165) is 67.6 Å². The highest BCUT2D eigenvalue weighted by Gasteiger charge is 2.28. The van der Waals surface area contributed by atoms with E-state index in [0.29, 0.717) is 6.54 Å². The van der Waals surface area contributed by atoms with E-state index >= 15 is 0 Å². The molecule has 0 radical (unpaired) electrons. The molecule has 2 aromatic carbocycles. The molecule has 0 saturated heterocycles. The van der Waals surface area contributed by atoms with E-state index in [1.165, 1.54) is 16.8 Å². The molecule has 316 valence electrons. The highest BCUT2D eigenvalue weighted by Crippen LogP contribution is 2.23. The Morgan fingerprint density at radius 2 is 1.19 bits per heavy atom. The number of rotatable bonds is 25. The summed E-state index contributed by atoms with van der Waals surface area (Å²) in [6.45, 7) is 36.4. The smallest absolute Gasteiger partial charge is 0.0945 e. The molecule has 0 bridgehead atoms. The second kappa shape index (κ2) is 25.2. The van der Waals surface area contributed by atoms with Gasteiger partial charge < -0.3 is 42.1 Å². The van der Waals surface area contributed by atoms with E-state index in [9.17, 15) is 0 Å². The Morgan fingerprint density at radius 1 is 0.672 bits per heavy atom. The van der Waals surface area contributed by atoms with E-state index in [1.54, 1.807) is 0 Å². The third-order valence-electron chi connectivity index (χ3n) is 10.6. The molecular weight excluding hydrogens is 713 g/mol. The van der Waals surface area contributed by atoms with Gasteiger partial charge >= 0.3 is 0 Å². The van der Waals surface area contributed by atoms with Crippen LogP contribution < -0.4 is 37.2 Å². The first kappa shape index (κ1) is 47.1. The number of likely N-dealkylation sites (N-methyl/N-ethyl adjacent to an activating group) is 1. The van der Waals surface area contributed by atoms with Crippen LogP contribution in [0.4, 0.5) is 0 Å². The summed E-state index contributed by atoms with van der Waals surface area (Å²) in [4.78, 5) is 2.16. The number of nitrogens with zero attached hydrogens (tertiary/aromatic N) is 1. The van der Waals surface area contributed by atoms with Gasteiger partial charge in [-0.25, -0.2) is 0 Å². The SMILES string of the molecule is C=C(NCC1=CC=CCN1)NC(C(=C)NC(Cc1ccccc1)C(C)CC(Cc1ccccc1)NC(=C)C(NC(=C)N(C)CC1=CC=CCN1)C(C)C)C(C)C.CC. The van der Waals surface area contributed by atoms with Gasteiger partial charge in [0.25, 0.3) is 0 Å². The van der Waals surface area contributed by atoms with Crippen LogP contribution in [-0.4, -0.2) is 62.3 Å². The Labute approximate surface area is 352 Å². The van der Waals surface area contributed by atoms with Crippen molar-refractivity contribution in [1.29, 1.82) is 0 Å². The highest BCUT2D eigenvalue weighted by molar-refractivity contribution is 5.23. The minimum Gasteiger partial charge on any atom is -0.384 e. The lowest BCUT2D eigenvalue weighted by Gasteiger charge is -2.36. The predicted octanol–water partition coefficient (Wildman–Crippen LogP) is 8.25. The van der Waals surface area contributed by atoms with Gasteiger partial charge in [0.05, 0.1) is 36.8 Å². The van der Waals surface area contributed by atoms with Crippen molar-refractivity contribution in [2.75, 3.05) is 33.2 Å². The van der Waals surface area contributed by atoms with Gasteiger partial charge in [0.2, 0.25) is 0 Å². The lowest BCUT2D eigenvalue weighted by Crippen LogP contribution is -2.49. The molecule has 4 rings (SSSR count). The van der Waals surface area contributed by atoms with E-state index in [1.807, 2.05) is 13.8 Å². The van der Waals surface area contributed by atoms with Crippen molar-refractivity contribution in [3.05, 3.63) is 169 Å². The fourth-order valence-corrected chi connectivity index (χ4v) is 7.27. The fraction of sp³-hybridized carbons (Fsp3) is 0.440. The molecular formula is C50H76N8.